The molecular formula is C56H37N7O4. The van der Waals surface area contributed by atoms with Crippen molar-refractivity contribution in [3.8, 4) is 44.5 Å². The zero-order valence-corrected chi connectivity index (χ0v) is 35.6. The molecule has 0 saturated heterocycles. The molecule has 2 N–H and O–H groups in total. The van der Waals surface area contributed by atoms with Gasteiger partial charge in [0.05, 0.1) is 44.3 Å². The number of fused-ring (bicyclic) bond motifs is 8. The van der Waals surface area contributed by atoms with Crippen LogP contribution in [0, 0.1) is 20.2 Å². The summed E-state index contributed by atoms with van der Waals surface area (Å²) in [4.78, 5) is 43.6. The molecule has 0 saturated carbocycles. The summed E-state index contributed by atoms with van der Waals surface area (Å²) in [5.74, 6) is 0. The van der Waals surface area contributed by atoms with Crippen LogP contribution in [0.3, 0.4) is 0 Å². The van der Waals surface area contributed by atoms with Crippen LogP contribution < -0.4 is 4.90 Å². The van der Waals surface area contributed by atoms with Gasteiger partial charge in [-0.15, -0.1) is 0 Å². The molecule has 0 spiro atoms. The Balaban J connectivity index is 1.22. The molecule has 3 aromatic heterocycles. The fraction of sp³-hybridized carbons (Fsp3) is 0. The number of rotatable bonds is 9. The van der Waals surface area contributed by atoms with Crippen molar-refractivity contribution in [3.63, 3.8) is 0 Å². The van der Waals surface area contributed by atoms with Gasteiger partial charge in [-0.05, 0) is 108 Å². The van der Waals surface area contributed by atoms with Crippen LogP contribution in [0.4, 0.5) is 28.4 Å². The Bertz CT molecular complexity index is 3550. The number of aromatic nitrogens is 4. The summed E-state index contributed by atoms with van der Waals surface area (Å²) in [7, 11) is 0. The number of anilines is 3. The molecule has 0 unspecified atom stereocenters. The third kappa shape index (κ3) is 7.51. The Hall–Kier alpha value is -9.48. The van der Waals surface area contributed by atoms with E-state index in [0.717, 1.165) is 73.2 Å². The third-order valence-corrected chi connectivity index (χ3v) is 12.0. The average Bonchev–Trinajstić information content (AvgIpc) is 4.22. The van der Waals surface area contributed by atoms with Gasteiger partial charge in [-0.1, -0.05) is 109 Å². The summed E-state index contributed by atoms with van der Waals surface area (Å²) < 4.78 is 0. The largest absolute Gasteiger partial charge is 0.354 e. The number of aromatic amines is 2. The molecule has 9 aromatic rings. The van der Waals surface area contributed by atoms with Crippen LogP contribution in [0.1, 0.15) is 22.8 Å². The van der Waals surface area contributed by atoms with Gasteiger partial charge >= 0.3 is 0 Å². The van der Waals surface area contributed by atoms with Crippen molar-refractivity contribution < 1.29 is 9.85 Å². The maximum Gasteiger partial charge on any atom is 0.284 e. The summed E-state index contributed by atoms with van der Waals surface area (Å²) in [5.41, 5.74) is 13.5. The van der Waals surface area contributed by atoms with E-state index in [0.29, 0.717) is 33.7 Å². The number of nitrogens with zero attached hydrogens (tertiary/aromatic N) is 5. The molecule has 11 nitrogen and oxygen atoms in total. The Morgan fingerprint density at radius 3 is 1.18 bits per heavy atom. The molecule has 11 heteroatoms. The Kier molecular flexibility index (Phi) is 10.2. The van der Waals surface area contributed by atoms with Crippen molar-refractivity contribution >= 4 is 74.8 Å². The van der Waals surface area contributed by atoms with E-state index >= 15 is 0 Å². The van der Waals surface area contributed by atoms with Gasteiger partial charge in [0.25, 0.3) is 11.4 Å². The number of nitrogens with one attached hydrogen (secondary N) is 2. The first-order valence-electron chi connectivity index (χ1n) is 21.6. The Morgan fingerprint density at radius 2 is 0.761 bits per heavy atom. The van der Waals surface area contributed by atoms with E-state index in [1.807, 2.05) is 140 Å². The highest BCUT2D eigenvalue weighted by Gasteiger charge is 2.26. The zero-order valence-electron chi connectivity index (χ0n) is 35.6. The lowest BCUT2D eigenvalue weighted by atomic mass is 10.0. The topological polar surface area (TPSA) is 147 Å². The van der Waals surface area contributed by atoms with Crippen LogP contribution in [-0.2, 0) is 0 Å². The van der Waals surface area contributed by atoms with Crippen LogP contribution >= 0.6 is 0 Å². The highest BCUT2D eigenvalue weighted by atomic mass is 16.6. The number of nitro benzene ring substituents is 2. The smallest absolute Gasteiger partial charge is 0.284 e. The first-order chi connectivity index (χ1) is 32.9. The van der Waals surface area contributed by atoms with Crippen molar-refractivity contribution in [2.75, 3.05) is 4.90 Å². The summed E-state index contributed by atoms with van der Waals surface area (Å²) in [6.07, 6.45) is 7.78. The molecule has 0 aliphatic carbocycles. The van der Waals surface area contributed by atoms with E-state index in [1.165, 1.54) is 12.1 Å². The maximum absolute atomic E-state index is 12.7. The monoisotopic (exact) mass is 871 g/mol. The molecule has 8 bridgehead atoms. The minimum atomic E-state index is -0.636. The molecule has 67 heavy (non-hydrogen) atoms. The molecule has 0 radical (unpaired) electrons. The molecule has 0 amide bonds. The van der Waals surface area contributed by atoms with Gasteiger partial charge < -0.3 is 14.9 Å². The van der Waals surface area contributed by atoms with Gasteiger partial charge in [0.2, 0.25) is 0 Å². The molecule has 2 aliphatic heterocycles. The number of hydrogen-bond acceptors (Lipinski definition) is 7. The SMILES string of the molecule is O=[N+]([O-])c1ccc(-c2c3nc(c(-c4ccccc4)c4ccc([nH]4)c(-c4ccc(N(c5ccccc5)c5ccccc5)cc4)c4nc(c(-c5ccccc5)c5ccc2[nH]5)C=C4)C=C3)c([N+](=O)[O-])c1. The Labute approximate surface area is 383 Å². The minimum Gasteiger partial charge on any atom is -0.354 e. The van der Waals surface area contributed by atoms with E-state index in [9.17, 15) is 20.2 Å². The van der Waals surface area contributed by atoms with Gasteiger partial charge in [-0.3, -0.25) is 20.2 Å². The van der Waals surface area contributed by atoms with E-state index in [1.54, 1.807) is 0 Å². The molecule has 6 aromatic carbocycles. The first-order valence-corrected chi connectivity index (χ1v) is 21.6. The highest BCUT2D eigenvalue weighted by Crippen LogP contribution is 2.42. The summed E-state index contributed by atoms with van der Waals surface area (Å²) in [5, 5.41) is 24.6. The van der Waals surface area contributed by atoms with E-state index in [-0.39, 0.29) is 11.3 Å². The van der Waals surface area contributed by atoms with Crippen molar-refractivity contribution in [2.45, 2.75) is 0 Å². The predicted octanol–water partition coefficient (Wildman–Crippen LogP) is 14.6. The molecular weight excluding hydrogens is 835 g/mol. The second-order valence-corrected chi connectivity index (χ2v) is 16.0. The van der Waals surface area contributed by atoms with Crippen molar-refractivity contribution in [1.82, 2.24) is 19.9 Å². The zero-order chi connectivity index (χ0) is 45.4. The molecule has 0 fully saturated rings. The number of hydrogen-bond donors (Lipinski definition) is 2. The second kappa shape index (κ2) is 16.9. The van der Waals surface area contributed by atoms with E-state index in [4.69, 9.17) is 9.97 Å². The van der Waals surface area contributed by atoms with Crippen LogP contribution in [-0.4, -0.2) is 29.8 Å². The van der Waals surface area contributed by atoms with Gasteiger partial charge in [0.15, 0.2) is 0 Å². The summed E-state index contributed by atoms with van der Waals surface area (Å²) in [6, 6.07) is 60.6. The number of benzene rings is 6. The minimum absolute atomic E-state index is 0.175. The van der Waals surface area contributed by atoms with Gasteiger partial charge in [-0.25, -0.2) is 9.97 Å². The van der Waals surface area contributed by atoms with Crippen LogP contribution in [0.5, 0.6) is 0 Å². The third-order valence-electron chi connectivity index (χ3n) is 12.0. The number of H-pyrrole nitrogens is 2. The standard InChI is InChI=1S/C56H37N7O4/c64-62(65)42-25-26-43(52(35-42)63(66)67)56-50-33-31-46(59-50)53(36-13-5-1-6-14-36)44-27-29-48(57-44)55(49-30-28-45(58-49)54(37-15-7-2-8-16-37)47-32-34-51(56)60-47)38-21-23-41(24-22-38)61(39-17-9-3-10-18-39)40-19-11-4-12-20-40/h1-35,57,60H. The van der Waals surface area contributed by atoms with Gasteiger partial charge in [0.1, 0.15) is 0 Å². The summed E-state index contributed by atoms with van der Waals surface area (Å²) >= 11 is 0. The van der Waals surface area contributed by atoms with Gasteiger partial charge in [0, 0.05) is 67.4 Å². The lowest BCUT2D eigenvalue weighted by Crippen LogP contribution is -2.09. The number of non-ortho nitro benzene ring substituents is 1. The fourth-order valence-electron chi connectivity index (χ4n) is 8.98. The molecule has 320 valence electrons. The van der Waals surface area contributed by atoms with E-state index < -0.39 is 15.5 Å². The average molecular weight is 872 g/mol. The lowest BCUT2D eigenvalue weighted by Gasteiger charge is -2.25. The molecule has 11 rings (SSSR count). The summed E-state index contributed by atoms with van der Waals surface area (Å²) in [6.45, 7) is 0. The van der Waals surface area contributed by atoms with Crippen molar-refractivity contribution in [2.24, 2.45) is 0 Å². The van der Waals surface area contributed by atoms with E-state index in [2.05, 4.69) is 69.5 Å². The van der Waals surface area contributed by atoms with Gasteiger partial charge in [-0.2, -0.15) is 0 Å². The molecule has 5 heterocycles. The predicted molar refractivity (Wildman–Crippen MR) is 269 cm³/mol. The first kappa shape index (κ1) is 40.3. The lowest BCUT2D eigenvalue weighted by molar-refractivity contribution is -0.393. The highest BCUT2D eigenvalue weighted by molar-refractivity contribution is 6.01. The maximum atomic E-state index is 12.7. The molecule has 0 atom stereocenters. The number of nitro groups is 2. The number of para-hydroxylation sites is 2. The van der Waals surface area contributed by atoms with Crippen LogP contribution in [0.25, 0.3) is 90.9 Å². The van der Waals surface area contributed by atoms with Crippen LogP contribution in [0.2, 0.25) is 0 Å². The molecule has 2 aliphatic rings. The van der Waals surface area contributed by atoms with Crippen LogP contribution in [0.15, 0.2) is 188 Å². The Morgan fingerprint density at radius 1 is 0.388 bits per heavy atom. The second-order valence-electron chi connectivity index (χ2n) is 16.0. The fourth-order valence-corrected chi connectivity index (χ4v) is 8.98. The quantitative estimate of drug-likeness (QED) is 0.108. The normalized spacial score (nSPS) is 11.7. The van der Waals surface area contributed by atoms with Crippen molar-refractivity contribution in [3.05, 3.63) is 231 Å². The van der Waals surface area contributed by atoms with Crippen molar-refractivity contribution in [1.29, 1.82) is 0 Å².